The van der Waals surface area contributed by atoms with Crippen LogP contribution >= 0.6 is 0 Å². The van der Waals surface area contributed by atoms with E-state index in [1.807, 2.05) is 0 Å². The van der Waals surface area contributed by atoms with Crippen molar-refractivity contribution in [3.05, 3.63) is 120 Å². The molecule has 5 heteroatoms. The molecule has 3 N–H and O–H groups in total. The zero-order chi connectivity index (χ0) is 24.4. The molecule has 0 amide bonds. The van der Waals surface area contributed by atoms with Gasteiger partial charge in [-0.1, -0.05) is 91.0 Å². The monoisotopic (exact) mass is 459 g/mol. The predicted molar refractivity (Wildman–Crippen MR) is 136 cm³/mol. The molecule has 0 bridgehead atoms. The molecular weight excluding hydrogens is 426 g/mol. The molecule has 178 valence electrons. The number of aryl methyl sites for hydroxylation is 1. The smallest absolute Gasteiger partial charge is 0.328 e. The third-order valence-corrected chi connectivity index (χ3v) is 5.32. The maximum Gasteiger partial charge on any atom is 0.328 e. The molecule has 3 rings (SSSR count). The fraction of sp³-hybridized carbons (Fsp3) is 0.241. The van der Waals surface area contributed by atoms with Crippen LogP contribution in [0.1, 0.15) is 35.4 Å². The summed E-state index contributed by atoms with van der Waals surface area (Å²) in [4.78, 5) is 19.1. The summed E-state index contributed by atoms with van der Waals surface area (Å²) >= 11 is 0. The second-order valence-electron chi connectivity index (χ2n) is 7.93. The summed E-state index contributed by atoms with van der Waals surface area (Å²) in [5, 5.41) is 19.3. The molecule has 5 nitrogen and oxygen atoms in total. The molecule has 0 aliphatic rings. The highest BCUT2D eigenvalue weighted by molar-refractivity contribution is 5.89. The minimum Gasteiger partial charge on any atom is -0.478 e. The third kappa shape index (κ3) is 11.8. The highest BCUT2D eigenvalue weighted by atomic mass is 16.4. The predicted octanol–water partition coefficient (Wildman–Crippen LogP) is 5.34. The van der Waals surface area contributed by atoms with Gasteiger partial charge in [-0.15, -0.1) is 0 Å². The van der Waals surface area contributed by atoms with Gasteiger partial charge in [0.2, 0.25) is 0 Å². The van der Waals surface area contributed by atoms with E-state index in [0.29, 0.717) is 18.1 Å². The van der Waals surface area contributed by atoms with Gasteiger partial charge in [0, 0.05) is 18.7 Å². The second kappa shape index (κ2) is 16.0. The summed E-state index contributed by atoms with van der Waals surface area (Å²) in [6.07, 6.45) is 5.81. The van der Waals surface area contributed by atoms with Crippen LogP contribution in [0.3, 0.4) is 0 Å². The molecule has 0 saturated carbocycles. The van der Waals surface area contributed by atoms with Crippen LogP contribution in [0.2, 0.25) is 0 Å². The molecule has 34 heavy (non-hydrogen) atoms. The van der Waals surface area contributed by atoms with Gasteiger partial charge in [0.15, 0.2) is 0 Å². The van der Waals surface area contributed by atoms with Gasteiger partial charge < -0.3 is 15.5 Å². The van der Waals surface area contributed by atoms with Gasteiger partial charge in [0.25, 0.3) is 0 Å². The van der Waals surface area contributed by atoms with E-state index in [0.717, 1.165) is 25.9 Å². The molecule has 0 radical (unpaired) electrons. The standard InChI is InChI=1S/C25H29N.C4H4O4/c1-4-11-22(12-5-1)15-10-18-25(24-16-8-3-9-17-24)21-26-20-19-23-13-6-2-7-14-23;5-3(6)1-2-4(7)8/h1-9,11-14,16-17,25-26H,10,15,18-21H2;1-2H,(H,5,6)(H,7,8)/b;2-1-. The first-order valence-electron chi connectivity index (χ1n) is 11.5. The highest BCUT2D eigenvalue weighted by Crippen LogP contribution is 2.21. The number of rotatable bonds is 12. The summed E-state index contributed by atoms with van der Waals surface area (Å²) in [6, 6.07) is 32.5. The number of hydrogen-bond donors (Lipinski definition) is 3. The normalized spacial score (nSPS) is 11.4. The molecule has 0 aliphatic heterocycles. The van der Waals surface area contributed by atoms with Gasteiger partial charge in [-0.2, -0.15) is 0 Å². The lowest BCUT2D eigenvalue weighted by molar-refractivity contribution is -0.134. The molecule has 0 aliphatic carbocycles. The van der Waals surface area contributed by atoms with Crippen molar-refractivity contribution < 1.29 is 19.8 Å². The van der Waals surface area contributed by atoms with Crippen LogP contribution in [0.15, 0.2) is 103 Å². The van der Waals surface area contributed by atoms with E-state index in [4.69, 9.17) is 10.2 Å². The number of benzene rings is 3. The zero-order valence-electron chi connectivity index (χ0n) is 19.3. The number of nitrogens with one attached hydrogen (secondary N) is 1. The number of carboxylic acids is 2. The second-order valence-corrected chi connectivity index (χ2v) is 7.93. The SMILES string of the molecule is O=C(O)/C=C\C(=O)O.c1ccc(CCCC(CNCCc2ccccc2)c2ccccc2)cc1. The first kappa shape index (κ1) is 26.6. The van der Waals surface area contributed by atoms with Gasteiger partial charge in [0.05, 0.1) is 0 Å². The Hall–Kier alpha value is -3.70. The molecular formula is C29H33NO4. The van der Waals surface area contributed by atoms with Crippen molar-refractivity contribution >= 4 is 11.9 Å². The van der Waals surface area contributed by atoms with Gasteiger partial charge in [0.1, 0.15) is 0 Å². The lowest BCUT2D eigenvalue weighted by Crippen LogP contribution is -2.24. The third-order valence-electron chi connectivity index (χ3n) is 5.32. The number of aliphatic carboxylic acids is 2. The van der Waals surface area contributed by atoms with E-state index in [-0.39, 0.29) is 0 Å². The van der Waals surface area contributed by atoms with E-state index in [1.54, 1.807) is 0 Å². The molecule has 3 aromatic rings. The molecule has 0 spiro atoms. The van der Waals surface area contributed by atoms with Crippen molar-refractivity contribution in [2.24, 2.45) is 0 Å². The Morgan fingerprint density at radius 2 is 1.18 bits per heavy atom. The highest BCUT2D eigenvalue weighted by Gasteiger charge is 2.11. The van der Waals surface area contributed by atoms with Crippen molar-refractivity contribution in [1.82, 2.24) is 5.32 Å². The van der Waals surface area contributed by atoms with Crippen LogP contribution in [0.5, 0.6) is 0 Å². The first-order valence-corrected chi connectivity index (χ1v) is 11.5. The van der Waals surface area contributed by atoms with Crippen molar-refractivity contribution in [2.45, 2.75) is 31.6 Å². The summed E-state index contributed by atoms with van der Waals surface area (Å²) < 4.78 is 0. The molecule has 0 heterocycles. The topological polar surface area (TPSA) is 86.6 Å². The Labute approximate surface area is 201 Å². The van der Waals surface area contributed by atoms with Crippen LogP contribution in [-0.2, 0) is 22.4 Å². The number of hydrogen-bond acceptors (Lipinski definition) is 3. The Kier molecular flexibility index (Phi) is 12.5. The van der Waals surface area contributed by atoms with E-state index in [2.05, 4.69) is 96.3 Å². The van der Waals surface area contributed by atoms with Gasteiger partial charge in [-0.05, 0) is 54.8 Å². The molecule has 0 saturated heterocycles. The van der Waals surface area contributed by atoms with Crippen molar-refractivity contribution in [1.29, 1.82) is 0 Å². The minimum absolute atomic E-state index is 0.558. The fourth-order valence-corrected chi connectivity index (χ4v) is 3.61. The van der Waals surface area contributed by atoms with Crippen LogP contribution < -0.4 is 5.32 Å². The van der Waals surface area contributed by atoms with Gasteiger partial charge in [-0.3, -0.25) is 0 Å². The van der Waals surface area contributed by atoms with E-state index in [9.17, 15) is 9.59 Å². The Morgan fingerprint density at radius 1 is 0.706 bits per heavy atom. The molecule has 1 atom stereocenters. The molecule has 1 unspecified atom stereocenters. The average Bonchev–Trinajstić information content (AvgIpc) is 2.86. The fourth-order valence-electron chi connectivity index (χ4n) is 3.61. The Bertz CT molecular complexity index is 972. The molecule has 0 fully saturated rings. The molecule has 3 aromatic carbocycles. The maximum absolute atomic E-state index is 9.55. The van der Waals surface area contributed by atoms with Crippen LogP contribution in [-0.4, -0.2) is 35.2 Å². The van der Waals surface area contributed by atoms with Crippen molar-refractivity contribution in [3.63, 3.8) is 0 Å². The average molecular weight is 460 g/mol. The summed E-state index contributed by atoms with van der Waals surface area (Å²) in [6.45, 7) is 2.08. The largest absolute Gasteiger partial charge is 0.478 e. The van der Waals surface area contributed by atoms with E-state index >= 15 is 0 Å². The van der Waals surface area contributed by atoms with Crippen LogP contribution in [0.4, 0.5) is 0 Å². The number of carboxylic acid groups (broad SMARTS) is 2. The zero-order valence-corrected chi connectivity index (χ0v) is 19.3. The maximum atomic E-state index is 9.55. The summed E-state index contributed by atoms with van der Waals surface area (Å²) in [7, 11) is 0. The quantitative estimate of drug-likeness (QED) is 0.251. The van der Waals surface area contributed by atoms with Crippen LogP contribution in [0, 0.1) is 0 Å². The van der Waals surface area contributed by atoms with E-state index < -0.39 is 11.9 Å². The molecule has 0 aromatic heterocycles. The van der Waals surface area contributed by atoms with Gasteiger partial charge >= 0.3 is 11.9 Å². The summed E-state index contributed by atoms with van der Waals surface area (Å²) in [5.74, 6) is -1.93. The Balaban J connectivity index is 0.000000440. The summed E-state index contributed by atoms with van der Waals surface area (Å²) in [5.41, 5.74) is 4.30. The lowest BCUT2D eigenvalue weighted by Gasteiger charge is -2.18. The lowest BCUT2D eigenvalue weighted by atomic mass is 9.92. The minimum atomic E-state index is -1.26. The number of carbonyl (C=O) groups is 2. The Morgan fingerprint density at radius 3 is 1.68 bits per heavy atom. The van der Waals surface area contributed by atoms with Gasteiger partial charge in [-0.25, -0.2) is 9.59 Å². The van der Waals surface area contributed by atoms with E-state index in [1.165, 1.54) is 29.5 Å². The van der Waals surface area contributed by atoms with Crippen molar-refractivity contribution in [2.75, 3.05) is 13.1 Å². The van der Waals surface area contributed by atoms with Crippen molar-refractivity contribution in [3.8, 4) is 0 Å². The first-order chi connectivity index (χ1) is 16.5. The van der Waals surface area contributed by atoms with Crippen LogP contribution in [0.25, 0.3) is 0 Å².